The molecule has 2 aromatic carbocycles. The van der Waals surface area contributed by atoms with Gasteiger partial charge in [0.05, 0.1) is 0 Å². The molecule has 1 saturated heterocycles. The third-order valence-corrected chi connectivity index (χ3v) is 7.95. The van der Waals surface area contributed by atoms with Crippen molar-refractivity contribution >= 4 is 39.0 Å². The summed E-state index contributed by atoms with van der Waals surface area (Å²) in [6.07, 6.45) is 1.76. The van der Waals surface area contributed by atoms with Crippen LogP contribution in [0.1, 0.15) is 18.1 Å². The summed E-state index contributed by atoms with van der Waals surface area (Å²) in [5, 5.41) is 6.63. The van der Waals surface area contributed by atoms with E-state index in [4.69, 9.17) is 0 Å². The summed E-state index contributed by atoms with van der Waals surface area (Å²) < 4.78 is 28.0. The average Bonchev–Trinajstić information content (AvgIpc) is 2.90. The second-order valence-corrected chi connectivity index (χ2v) is 11.2. The first-order chi connectivity index (χ1) is 17.7. The molecule has 0 saturated carbocycles. The summed E-state index contributed by atoms with van der Waals surface area (Å²) in [7, 11) is -0.550. The fourth-order valence-corrected chi connectivity index (χ4v) is 4.65. The summed E-state index contributed by atoms with van der Waals surface area (Å²) >= 11 is 0. The van der Waals surface area contributed by atoms with E-state index in [1.165, 1.54) is 19.8 Å². The Hall–Kier alpha value is -3.25. The maximum atomic E-state index is 12.1. The van der Waals surface area contributed by atoms with E-state index in [2.05, 4.69) is 54.2 Å². The molecule has 0 atom stereocenters. The number of para-hydroxylation sites is 1. The van der Waals surface area contributed by atoms with Crippen LogP contribution in [0.25, 0.3) is 0 Å². The predicted octanol–water partition coefficient (Wildman–Crippen LogP) is 3.31. The number of hydrogen-bond acceptors (Lipinski definition) is 8. The Morgan fingerprint density at radius 3 is 2.35 bits per heavy atom. The molecule has 10 nitrogen and oxygen atoms in total. The minimum Gasteiger partial charge on any atom is -0.369 e. The number of hydrogen-bond donors (Lipinski definition) is 3. The van der Waals surface area contributed by atoms with Crippen LogP contribution in [0.2, 0.25) is 0 Å². The van der Waals surface area contributed by atoms with Crippen LogP contribution in [0.15, 0.2) is 54.7 Å². The van der Waals surface area contributed by atoms with Crippen molar-refractivity contribution in [2.75, 3.05) is 62.4 Å². The molecule has 2 heterocycles. The molecule has 1 aliphatic rings. The molecule has 0 amide bonds. The summed E-state index contributed by atoms with van der Waals surface area (Å²) in [4.78, 5) is 14.0. The number of aryl methyl sites for hydroxylation is 1. The largest absolute Gasteiger partial charge is 0.369 e. The van der Waals surface area contributed by atoms with E-state index in [1.54, 1.807) is 6.20 Å². The first kappa shape index (κ1) is 26.8. The zero-order chi connectivity index (χ0) is 26.4. The monoisotopic (exact) mass is 524 g/mol. The molecule has 0 spiro atoms. The van der Waals surface area contributed by atoms with Crippen LogP contribution >= 0.6 is 0 Å². The van der Waals surface area contributed by atoms with Gasteiger partial charge in [-0.1, -0.05) is 25.1 Å². The van der Waals surface area contributed by atoms with Gasteiger partial charge in [0.1, 0.15) is 5.82 Å². The van der Waals surface area contributed by atoms with Crippen LogP contribution in [-0.2, 0) is 16.8 Å². The van der Waals surface area contributed by atoms with E-state index in [0.29, 0.717) is 11.8 Å². The Morgan fingerprint density at radius 1 is 0.973 bits per heavy atom. The highest BCUT2D eigenvalue weighted by Crippen LogP contribution is 2.25. The van der Waals surface area contributed by atoms with Crippen molar-refractivity contribution in [2.24, 2.45) is 0 Å². The smallest absolute Gasteiger partial charge is 0.279 e. The highest BCUT2D eigenvalue weighted by Gasteiger charge is 2.16. The standard InChI is InChI=1S/C26H36N8O2S/c1-5-33-14-16-34(17-15-33)23-12-10-22(11-13-23)29-26-27-18-20(2)25(31-26)30-24-9-7-6-8-21(24)19-28-37(35,36)32(3)4/h6-13,18,28H,5,14-17,19H2,1-4H3,(H2,27,29,30,31). The Kier molecular flexibility index (Phi) is 8.59. The van der Waals surface area contributed by atoms with Crippen LogP contribution in [0.5, 0.6) is 0 Å². The van der Waals surface area contributed by atoms with Crippen molar-refractivity contribution in [3.05, 3.63) is 65.9 Å². The zero-order valence-corrected chi connectivity index (χ0v) is 22.7. The van der Waals surface area contributed by atoms with Crippen molar-refractivity contribution in [1.29, 1.82) is 0 Å². The van der Waals surface area contributed by atoms with Crippen LogP contribution in [0.3, 0.4) is 0 Å². The maximum absolute atomic E-state index is 12.1. The topological polar surface area (TPSA) is 106 Å². The second kappa shape index (κ2) is 11.9. The van der Waals surface area contributed by atoms with Crippen molar-refractivity contribution in [3.8, 4) is 0 Å². The van der Waals surface area contributed by atoms with Crippen LogP contribution < -0.4 is 20.3 Å². The molecule has 1 aromatic heterocycles. The lowest BCUT2D eigenvalue weighted by molar-refractivity contribution is 0.271. The van der Waals surface area contributed by atoms with Gasteiger partial charge in [-0.3, -0.25) is 0 Å². The van der Waals surface area contributed by atoms with Gasteiger partial charge in [-0.2, -0.15) is 22.4 Å². The van der Waals surface area contributed by atoms with Gasteiger partial charge in [0, 0.05) is 75.6 Å². The quantitative estimate of drug-likeness (QED) is 0.371. The molecule has 1 aliphatic heterocycles. The molecule has 4 rings (SSSR count). The average molecular weight is 525 g/mol. The lowest BCUT2D eigenvalue weighted by Crippen LogP contribution is -2.46. The van der Waals surface area contributed by atoms with Gasteiger partial charge < -0.3 is 20.4 Å². The van der Waals surface area contributed by atoms with Gasteiger partial charge in [0.25, 0.3) is 10.2 Å². The fourth-order valence-electron chi connectivity index (χ4n) is 4.06. The summed E-state index contributed by atoms with van der Waals surface area (Å²) in [5.74, 6) is 1.12. The van der Waals surface area contributed by atoms with Gasteiger partial charge in [-0.15, -0.1) is 0 Å². The molecular weight excluding hydrogens is 488 g/mol. The minimum atomic E-state index is -3.53. The molecule has 3 aromatic rings. The van der Waals surface area contributed by atoms with E-state index in [9.17, 15) is 8.42 Å². The van der Waals surface area contributed by atoms with Gasteiger partial charge in [-0.25, -0.2) is 4.98 Å². The minimum absolute atomic E-state index is 0.152. The van der Waals surface area contributed by atoms with Crippen molar-refractivity contribution < 1.29 is 8.42 Å². The van der Waals surface area contributed by atoms with Crippen molar-refractivity contribution in [1.82, 2.24) is 23.9 Å². The number of benzene rings is 2. The Balaban J connectivity index is 1.44. The van der Waals surface area contributed by atoms with Crippen molar-refractivity contribution in [3.63, 3.8) is 0 Å². The predicted molar refractivity (Wildman–Crippen MR) is 150 cm³/mol. The molecule has 0 unspecified atom stereocenters. The molecule has 1 fully saturated rings. The first-order valence-corrected chi connectivity index (χ1v) is 13.9. The molecular formula is C26H36N8O2S. The Bertz CT molecular complexity index is 1290. The number of aromatic nitrogens is 2. The van der Waals surface area contributed by atoms with Crippen molar-refractivity contribution in [2.45, 2.75) is 20.4 Å². The SMILES string of the molecule is CCN1CCN(c2ccc(Nc3ncc(C)c(Nc4ccccc4CNS(=O)(=O)N(C)C)n3)cc2)CC1. The third kappa shape index (κ3) is 6.95. The normalized spacial score (nSPS) is 14.7. The number of likely N-dealkylation sites (N-methyl/N-ethyl adjacent to an activating group) is 1. The summed E-state index contributed by atoms with van der Waals surface area (Å²) in [6, 6.07) is 15.9. The van der Waals surface area contributed by atoms with E-state index >= 15 is 0 Å². The highest BCUT2D eigenvalue weighted by molar-refractivity contribution is 7.87. The Labute approximate surface area is 219 Å². The molecule has 198 valence electrons. The highest BCUT2D eigenvalue weighted by atomic mass is 32.2. The van der Waals surface area contributed by atoms with E-state index in [-0.39, 0.29) is 6.54 Å². The van der Waals surface area contributed by atoms with Gasteiger partial charge in [0.2, 0.25) is 5.95 Å². The van der Waals surface area contributed by atoms with E-state index in [1.807, 2.05) is 43.3 Å². The molecule has 0 radical (unpaired) electrons. The lowest BCUT2D eigenvalue weighted by atomic mass is 10.1. The van der Waals surface area contributed by atoms with Crippen LogP contribution in [0, 0.1) is 6.92 Å². The molecule has 0 aliphatic carbocycles. The lowest BCUT2D eigenvalue weighted by Gasteiger charge is -2.35. The van der Waals surface area contributed by atoms with Crippen LogP contribution in [0.4, 0.5) is 28.8 Å². The molecule has 37 heavy (non-hydrogen) atoms. The maximum Gasteiger partial charge on any atom is 0.279 e. The number of anilines is 5. The van der Waals surface area contributed by atoms with E-state index in [0.717, 1.165) is 59.5 Å². The summed E-state index contributed by atoms with van der Waals surface area (Å²) in [6.45, 7) is 9.64. The first-order valence-electron chi connectivity index (χ1n) is 12.4. The number of nitrogens with one attached hydrogen (secondary N) is 3. The van der Waals surface area contributed by atoms with Gasteiger partial charge >= 0.3 is 0 Å². The fraction of sp³-hybridized carbons (Fsp3) is 0.385. The number of piperazine rings is 1. The number of nitrogens with zero attached hydrogens (tertiary/aromatic N) is 5. The van der Waals surface area contributed by atoms with Gasteiger partial charge in [-0.05, 0) is 49.4 Å². The molecule has 0 bridgehead atoms. The Morgan fingerprint density at radius 2 is 1.68 bits per heavy atom. The second-order valence-electron chi connectivity index (χ2n) is 9.21. The molecule has 11 heteroatoms. The zero-order valence-electron chi connectivity index (χ0n) is 21.9. The third-order valence-electron chi connectivity index (χ3n) is 6.48. The number of rotatable bonds is 10. The molecule has 3 N–H and O–H groups in total. The van der Waals surface area contributed by atoms with Crippen LogP contribution in [-0.4, -0.2) is 74.4 Å². The van der Waals surface area contributed by atoms with Gasteiger partial charge in [0.15, 0.2) is 0 Å². The summed E-state index contributed by atoms with van der Waals surface area (Å²) in [5.41, 5.74) is 4.56. The van der Waals surface area contributed by atoms with E-state index < -0.39 is 10.2 Å².